The standard InChI is InChI=1S/C9H15N2O3P/c1-3-13-15(12,14-4-2)8-9-7-10-5-6-11-9/h5-7H,3-4,8H2,1-2H3. The normalized spacial score (nSPS) is 11.6. The molecule has 0 aliphatic carbocycles. The zero-order chi connectivity index (χ0) is 11.1. The van der Waals surface area contributed by atoms with Crippen LogP contribution in [0.25, 0.3) is 0 Å². The van der Waals surface area contributed by atoms with Gasteiger partial charge in [0.05, 0.1) is 25.1 Å². The van der Waals surface area contributed by atoms with Crippen LogP contribution in [0, 0.1) is 0 Å². The first-order valence-electron chi connectivity index (χ1n) is 4.83. The summed E-state index contributed by atoms with van der Waals surface area (Å²) in [4.78, 5) is 7.93. The Bertz CT molecular complexity index is 321. The molecule has 0 radical (unpaired) electrons. The maximum absolute atomic E-state index is 12.1. The van der Waals surface area contributed by atoms with Gasteiger partial charge >= 0.3 is 7.60 Å². The fourth-order valence-electron chi connectivity index (χ4n) is 1.13. The summed E-state index contributed by atoms with van der Waals surface area (Å²) >= 11 is 0. The summed E-state index contributed by atoms with van der Waals surface area (Å²) in [6.45, 7) is 4.28. The Balaban J connectivity index is 2.71. The van der Waals surface area contributed by atoms with E-state index < -0.39 is 7.60 Å². The lowest BCUT2D eigenvalue weighted by atomic mass is 10.5. The third-order valence-corrected chi connectivity index (χ3v) is 3.64. The summed E-state index contributed by atoms with van der Waals surface area (Å²) in [5.41, 5.74) is 0.614. The predicted octanol–water partition coefficient (Wildman–Crippen LogP) is 2.24. The van der Waals surface area contributed by atoms with Gasteiger partial charge in [0.25, 0.3) is 0 Å². The van der Waals surface area contributed by atoms with E-state index in [4.69, 9.17) is 9.05 Å². The van der Waals surface area contributed by atoms with Gasteiger partial charge in [-0.2, -0.15) is 0 Å². The van der Waals surface area contributed by atoms with Crippen molar-refractivity contribution in [3.05, 3.63) is 24.3 Å². The molecular weight excluding hydrogens is 215 g/mol. The van der Waals surface area contributed by atoms with Crippen LogP contribution in [0.5, 0.6) is 0 Å². The Labute approximate surface area is 89.4 Å². The highest BCUT2D eigenvalue weighted by molar-refractivity contribution is 7.53. The molecule has 1 rings (SSSR count). The first-order valence-corrected chi connectivity index (χ1v) is 6.56. The molecule has 0 aliphatic heterocycles. The van der Waals surface area contributed by atoms with Crippen molar-refractivity contribution in [2.24, 2.45) is 0 Å². The first-order chi connectivity index (χ1) is 7.20. The molecule has 0 N–H and O–H groups in total. The van der Waals surface area contributed by atoms with E-state index in [1.807, 2.05) is 0 Å². The van der Waals surface area contributed by atoms with Crippen LogP contribution in [0.2, 0.25) is 0 Å². The van der Waals surface area contributed by atoms with Crippen LogP contribution < -0.4 is 0 Å². The third kappa shape index (κ3) is 4.08. The van der Waals surface area contributed by atoms with Crippen LogP contribution >= 0.6 is 7.60 Å². The number of hydrogen-bond acceptors (Lipinski definition) is 5. The summed E-state index contributed by atoms with van der Waals surface area (Å²) in [5.74, 6) is 0. The topological polar surface area (TPSA) is 61.3 Å². The lowest BCUT2D eigenvalue weighted by molar-refractivity contribution is 0.219. The van der Waals surface area contributed by atoms with Crippen LogP contribution in [0.3, 0.4) is 0 Å². The minimum atomic E-state index is -3.04. The van der Waals surface area contributed by atoms with Gasteiger partial charge in [0.1, 0.15) is 0 Å². The van der Waals surface area contributed by atoms with E-state index in [0.717, 1.165) is 0 Å². The van der Waals surface area contributed by atoms with Gasteiger partial charge in [-0.25, -0.2) is 0 Å². The summed E-state index contributed by atoms with van der Waals surface area (Å²) < 4.78 is 22.3. The average Bonchev–Trinajstić information content (AvgIpc) is 2.19. The van der Waals surface area contributed by atoms with Gasteiger partial charge in [-0.05, 0) is 13.8 Å². The minimum absolute atomic E-state index is 0.169. The molecule has 15 heavy (non-hydrogen) atoms. The van der Waals surface area contributed by atoms with E-state index in [1.165, 1.54) is 0 Å². The maximum Gasteiger partial charge on any atom is 0.336 e. The maximum atomic E-state index is 12.1. The molecular formula is C9H15N2O3P. The Morgan fingerprint density at radius 3 is 2.40 bits per heavy atom. The van der Waals surface area contributed by atoms with Gasteiger partial charge in [0.2, 0.25) is 0 Å². The first kappa shape index (κ1) is 12.3. The highest BCUT2D eigenvalue weighted by atomic mass is 31.2. The number of nitrogens with zero attached hydrogens (tertiary/aromatic N) is 2. The summed E-state index contributed by atoms with van der Waals surface area (Å²) in [6.07, 6.45) is 4.85. The molecule has 0 aromatic carbocycles. The second-order valence-corrected chi connectivity index (χ2v) is 4.86. The van der Waals surface area contributed by atoms with Crippen molar-refractivity contribution < 1.29 is 13.6 Å². The summed E-state index contributed by atoms with van der Waals surface area (Å²) in [6, 6.07) is 0. The van der Waals surface area contributed by atoms with Crippen molar-refractivity contribution in [3.8, 4) is 0 Å². The molecule has 0 amide bonds. The molecule has 5 nitrogen and oxygen atoms in total. The number of rotatable bonds is 6. The molecule has 0 unspecified atom stereocenters. The van der Waals surface area contributed by atoms with Crippen LogP contribution in [0.1, 0.15) is 19.5 Å². The van der Waals surface area contributed by atoms with E-state index in [2.05, 4.69) is 9.97 Å². The molecule has 1 aromatic rings. The van der Waals surface area contributed by atoms with Gasteiger partial charge in [0, 0.05) is 18.6 Å². The fourth-order valence-corrected chi connectivity index (χ4v) is 2.74. The smallest absolute Gasteiger partial charge is 0.309 e. The highest BCUT2D eigenvalue weighted by Crippen LogP contribution is 2.50. The van der Waals surface area contributed by atoms with Crippen molar-refractivity contribution in [1.29, 1.82) is 0 Å². The van der Waals surface area contributed by atoms with Crippen LogP contribution in [0.15, 0.2) is 18.6 Å². The molecule has 6 heteroatoms. The van der Waals surface area contributed by atoms with Crippen molar-refractivity contribution in [3.63, 3.8) is 0 Å². The van der Waals surface area contributed by atoms with Crippen molar-refractivity contribution in [1.82, 2.24) is 9.97 Å². The minimum Gasteiger partial charge on any atom is -0.309 e. The van der Waals surface area contributed by atoms with E-state index in [1.54, 1.807) is 32.4 Å². The number of hydrogen-bond donors (Lipinski definition) is 0. The summed E-state index contributed by atoms with van der Waals surface area (Å²) in [5, 5.41) is 0. The SMILES string of the molecule is CCOP(=O)(Cc1cnccn1)OCC. The molecule has 0 spiro atoms. The molecule has 0 atom stereocenters. The Hall–Kier alpha value is -0.770. The van der Waals surface area contributed by atoms with E-state index in [9.17, 15) is 4.57 Å². The van der Waals surface area contributed by atoms with E-state index in [-0.39, 0.29) is 6.16 Å². The second kappa shape index (κ2) is 5.95. The molecule has 0 saturated heterocycles. The highest BCUT2D eigenvalue weighted by Gasteiger charge is 2.24. The molecule has 1 aromatic heterocycles. The molecule has 0 bridgehead atoms. The lowest BCUT2D eigenvalue weighted by Gasteiger charge is -2.15. The van der Waals surface area contributed by atoms with Crippen LogP contribution in [-0.2, 0) is 19.8 Å². The van der Waals surface area contributed by atoms with E-state index in [0.29, 0.717) is 18.9 Å². The molecule has 84 valence electrons. The van der Waals surface area contributed by atoms with Crippen molar-refractivity contribution >= 4 is 7.60 Å². The Kier molecular flexibility index (Phi) is 4.88. The van der Waals surface area contributed by atoms with E-state index >= 15 is 0 Å². The van der Waals surface area contributed by atoms with Crippen molar-refractivity contribution in [2.45, 2.75) is 20.0 Å². The third-order valence-electron chi connectivity index (χ3n) is 1.62. The van der Waals surface area contributed by atoms with Gasteiger partial charge < -0.3 is 9.05 Å². The van der Waals surface area contributed by atoms with Crippen molar-refractivity contribution in [2.75, 3.05) is 13.2 Å². The van der Waals surface area contributed by atoms with Gasteiger partial charge in [-0.3, -0.25) is 14.5 Å². The van der Waals surface area contributed by atoms with Crippen LogP contribution in [0.4, 0.5) is 0 Å². The quantitative estimate of drug-likeness (QED) is 0.701. The zero-order valence-electron chi connectivity index (χ0n) is 8.92. The Morgan fingerprint density at radius 2 is 1.93 bits per heavy atom. The molecule has 0 fully saturated rings. The van der Waals surface area contributed by atoms with Gasteiger partial charge in [-0.1, -0.05) is 0 Å². The molecule has 0 saturated carbocycles. The second-order valence-electron chi connectivity index (χ2n) is 2.80. The lowest BCUT2D eigenvalue weighted by Crippen LogP contribution is -2.00. The van der Waals surface area contributed by atoms with Crippen LogP contribution in [-0.4, -0.2) is 23.2 Å². The number of aromatic nitrogens is 2. The zero-order valence-corrected chi connectivity index (χ0v) is 9.81. The largest absolute Gasteiger partial charge is 0.336 e. The molecule has 0 aliphatic rings. The van der Waals surface area contributed by atoms with Gasteiger partial charge in [0.15, 0.2) is 0 Å². The Morgan fingerprint density at radius 1 is 1.27 bits per heavy atom. The predicted molar refractivity (Wildman–Crippen MR) is 56.6 cm³/mol. The fraction of sp³-hybridized carbons (Fsp3) is 0.556. The monoisotopic (exact) mass is 230 g/mol. The molecule has 1 heterocycles. The average molecular weight is 230 g/mol. The summed E-state index contributed by atoms with van der Waals surface area (Å²) in [7, 11) is -3.04. The van der Waals surface area contributed by atoms with Gasteiger partial charge in [-0.15, -0.1) is 0 Å².